The van der Waals surface area contributed by atoms with Crippen molar-refractivity contribution in [3.05, 3.63) is 249 Å². The first-order valence-electron chi connectivity index (χ1n) is 21.9. The van der Waals surface area contributed by atoms with Crippen LogP contribution in [-0.2, 0) is 0 Å². The maximum absolute atomic E-state index is 5.33. The van der Waals surface area contributed by atoms with Gasteiger partial charge in [0.2, 0.25) is 0 Å². The summed E-state index contributed by atoms with van der Waals surface area (Å²) in [6, 6.07) is 89.6. The largest absolute Gasteiger partial charge is 0.309 e. The van der Waals surface area contributed by atoms with Crippen molar-refractivity contribution in [2.45, 2.75) is 0 Å². The van der Waals surface area contributed by atoms with Crippen molar-refractivity contribution in [2.75, 3.05) is 4.90 Å². The van der Waals surface area contributed by atoms with E-state index >= 15 is 0 Å². The molecule has 0 amide bonds. The van der Waals surface area contributed by atoms with Gasteiger partial charge in [0, 0.05) is 44.6 Å². The van der Waals surface area contributed by atoms with Gasteiger partial charge in [0.05, 0.1) is 34.0 Å². The zero-order valence-electron chi connectivity index (χ0n) is 35.0. The SMILES string of the molecule is c1ccc(-c2cc(-c3ccccc3)cc(-n3c4c(c5ccccc53)-c3ccccc3N(c3cccc(-c5cc(-c6ccccc6)cc(-c6ccccc6)n5)c3)c3ccccc3-4)c2)cc1. The summed E-state index contributed by atoms with van der Waals surface area (Å²) in [5.74, 6) is 0. The number of pyridine rings is 1. The van der Waals surface area contributed by atoms with Gasteiger partial charge in [-0.25, -0.2) is 4.98 Å². The van der Waals surface area contributed by atoms with E-state index in [9.17, 15) is 0 Å². The van der Waals surface area contributed by atoms with Crippen LogP contribution in [0.3, 0.4) is 0 Å². The first-order chi connectivity index (χ1) is 31.7. The molecule has 9 aromatic carbocycles. The fourth-order valence-corrected chi connectivity index (χ4v) is 9.56. The van der Waals surface area contributed by atoms with Crippen molar-refractivity contribution in [3.8, 4) is 84.0 Å². The smallest absolute Gasteiger partial charge is 0.0716 e. The Labute approximate surface area is 373 Å². The molecular weight excluding hydrogens is 775 g/mol. The lowest BCUT2D eigenvalue weighted by Crippen LogP contribution is -2.11. The highest BCUT2D eigenvalue weighted by atomic mass is 15.2. The molecule has 64 heavy (non-hydrogen) atoms. The Balaban J connectivity index is 1.09. The molecule has 2 aromatic heterocycles. The van der Waals surface area contributed by atoms with Crippen LogP contribution in [0.2, 0.25) is 0 Å². The van der Waals surface area contributed by atoms with E-state index < -0.39 is 0 Å². The fraction of sp³-hybridized carbons (Fsp3) is 0. The summed E-state index contributed by atoms with van der Waals surface area (Å²) in [5, 5.41) is 1.21. The van der Waals surface area contributed by atoms with Crippen molar-refractivity contribution in [3.63, 3.8) is 0 Å². The van der Waals surface area contributed by atoms with Crippen molar-refractivity contribution >= 4 is 28.0 Å². The third kappa shape index (κ3) is 6.50. The zero-order chi connectivity index (χ0) is 42.4. The normalized spacial score (nSPS) is 11.7. The van der Waals surface area contributed by atoms with Gasteiger partial charge in [0.25, 0.3) is 0 Å². The molecule has 0 saturated carbocycles. The van der Waals surface area contributed by atoms with E-state index in [1.165, 1.54) is 38.8 Å². The molecule has 3 heteroatoms. The summed E-state index contributed by atoms with van der Waals surface area (Å²) in [7, 11) is 0. The summed E-state index contributed by atoms with van der Waals surface area (Å²) in [6.07, 6.45) is 0. The number of hydrogen-bond donors (Lipinski definition) is 0. The minimum Gasteiger partial charge on any atom is -0.309 e. The Hall–Kier alpha value is -8.53. The van der Waals surface area contributed by atoms with Crippen LogP contribution >= 0.6 is 0 Å². The molecule has 0 radical (unpaired) electrons. The molecule has 1 aliphatic heterocycles. The van der Waals surface area contributed by atoms with Gasteiger partial charge in [-0.05, 0) is 94.0 Å². The van der Waals surface area contributed by atoms with Gasteiger partial charge in [-0.3, -0.25) is 0 Å². The molecule has 0 aliphatic carbocycles. The first-order valence-corrected chi connectivity index (χ1v) is 21.9. The van der Waals surface area contributed by atoms with Crippen molar-refractivity contribution < 1.29 is 0 Å². The van der Waals surface area contributed by atoms with Crippen LogP contribution in [0.1, 0.15) is 0 Å². The number of rotatable bonds is 7. The van der Waals surface area contributed by atoms with Crippen LogP contribution in [0.25, 0.3) is 94.9 Å². The van der Waals surface area contributed by atoms with Crippen LogP contribution in [0.5, 0.6) is 0 Å². The van der Waals surface area contributed by atoms with E-state index in [4.69, 9.17) is 4.98 Å². The van der Waals surface area contributed by atoms with E-state index in [0.717, 1.165) is 73.2 Å². The quantitative estimate of drug-likeness (QED) is 0.160. The number of fused-ring (bicyclic) bond motifs is 7. The molecule has 0 fully saturated rings. The lowest BCUT2D eigenvalue weighted by Gasteiger charge is -2.28. The molecular formula is C61H41N3. The Morgan fingerprint density at radius 1 is 0.297 bits per heavy atom. The number of hydrogen-bond acceptors (Lipinski definition) is 2. The molecule has 300 valence electrons. The Bertz CT molecular complexity index is 3370. The molecule has 12 rings (SSSR count). The van der Waals surface area contributed by atoms with E-state index in [-0.39, 0.29) is 0 Å². The molecule has 0 atom stereocenters. The van der Waals surface area contributed by atoms with Gasteiger partial charge >= 0.3 is 0 Å². The van der Waals surface area contributed by atoms with Crippen molar-refractivity contribution in [1.82, 2.24) is 9.55 Å². The maximum atomic E-state index is 5.33. The Kier molecular flexibility index (Phi) is 9.16. The van der Waals surface area contributed by atoms with Gasteiger partial charge in [-0.1, -0.05) is 188 Å². The highest BCUT2D eigenvalue weighted by Crippen LogP contribution is 2.55. The summed E-state index contributed by atoms with van der Waals surface area (Å²) in [4.78, 5) is 7.78. The third-order valence-electron chi connectivity index (χ3n) is 12.5. The monoisotopic (exact) mass is 815 g/mol. The summed E-state index contributed by atoms with van der Waals surface area (Å²) in [6.45, 7) is 0. The van der Waals surface area contributed by atoms with Gasteiger partial charge < -0.3 is 9.47 Å². The molecule has 0 N–H and O–H groups in total. The van der Waals surface area contributed by atoms with Crippen molar-refractivity contribution in [2.24, 2.45) is 0 Å². The van der Waals surface area contributed by atoms with Gasteiger partial charge in [-0.15, -0.1) is 0 Å². The Morgan fingerprint density at radius 2 is 0.750 bits per heavy atom. The van der Waals surface area contributed by atoms with Gasteiger partial charge in [0.15, 0.2) is 0 Å². The second kappa shape index (κ2) is 15.7. The molecule has 0 saturated heterocycles. The van der Waals surface area contributed by atoms with Gasteiger partial charge in [0.1, 0.15) is 0 Å². The highest BCUT2D eigenvalue weighted by Gasteiger charge is 2.31. The Morgan fingerprint density at radius 3 is 1.38 bits per heavy atom. The minimum atomic E-state index is 0.923. The number of para-hydroxylation sites is 3. The molecule has 3 heterocycles. The highest BCUT2D eigenvalue weighted by molar-refractivity contribution is 6.13. The number of anilines is 3. The fourth-order valence-electron chi connectivity index (χ4n) is 9.56. The third-order valence-corrected chi connectivity index (χ3v) is 12.5. The predicted octanol–water partition coefficient (Wildman–Crippen LogP) is 16.5. The summed E-state index contributed by atoms with van der Waals surface area (Å²) in [5.41, 5.74) is 21.3. The number of nitrogens with zero attached hydrogens (tertiary/aromatic N) is 3. The molecule has 3 nitrogen and oxygen atoms in total. The molecule has 11 aromatic rings. The van der Waals surface area contributed by atoms with Crippen LogP contribution < -0.4 is 4.90 Å². The maximum Gasteiger partial charge on any atom is 0.0716 e. The average Bonchev–Trinajstić information content (AvgIpc) is 3.66. The first kappa shape index (κ1) is 37.2. The molecule has 1 aliphatic rings. The lowest BCUT2D eigenvalue weighted by atomic mass is 9.97. The van der Waals surface area contributed by atoms with Gasteiger partial charge in [-0.2, -0.15) is 0 Å². The van der Waals surface area contributed by atoms with E-state index in [0.29, 0.717) is 0 Å². The lowest BCUT2D eigenvalue weighted by molar-refractivity contribution is 1.14. The van der Waals surface area contributed by atoms with Crippen LogP contribution in [-0.4, -0.2) is 9.55 Å². The molecule has 0 bridgehead atoms. The second-order valence-electron chi connectivity index (χ2n) is 16.4. The van der Waals surface area contributed by atoms with E-state index in [2.05, 4.69) is 258 Å². The summed E-state index contributed by atoms with van der Waals surface area (Å²) < 4.78 is 2.50. The van der Waals surface area contributed by atoms with Crippen LogP contribution in [0, 0.1) is 0 Å². The zero-order valence-corrected chi connectivity index (χ0v) is 35.0. The standard InChI is InChI=1S/C61H41N3/c1-5-20-42(21-6-1)47-36-48(43-22-7-2-8-23-43)39-51(38-47)64-58-34-17-14-31-53(58)60-52-30-13-16-33-57(52)63(59-35-18-15-32-54(59)61(60)64)50-29-19-28-46(37-50)56-41-49(44-24-9-3-10-25-44)40-55(62-56)45-26-11-4-12-27-45/h1-41H. The molecule has 0 unspecified atom stereocenters. The minimum absolute atomic E-state index is 0.923. The van der Waals surface area contributed by atoms with E-state index in [1.54, 1.807) is 0 Å². The number of aromatic nitrogens is 2. The summed E-state index contributed by atoms with van der Waals surface area (Å²) >= 11 is 0. The average molecular weight is 816 g/mol. The molecule has 0 spiro atoms. The van der Waals surface area contributed by atoms with Crippen LogP contribution in [0.4, 0.5) is 17.1 Å². The van der Waals surface area contributed by atoms with Crippen molar-refractivity contribution in [1.29, 1.82) is 0 Å². The van der Waals surface area contributed by atoms with Crippen LogP contribution in [0.15, 0.2) is 249 Å². The predicted molar refractivity (Wildman–Crippen MR) is 267 cm³/mol. The second-order valence-corrected chi connectivity index (χ2v) is 16.4. The topological polar surface area (TPSA) is 21.1 Å². The van der Waals surface area contributed by atoms with E-state index in [1.807, 2.05) is 0 Å². The number of benzene rings is 9.